The first-order chi connectivity index (χ1) is 18.5. The third-order valence-electron chi connectivity index (χ3n) is 7.44. The fourth-order valence-electron chi connectivity index (χ4n) is 5.08. The summed E-state index contributed by atoms with van der Waals surface area (Å²) in [6.07, 6.45) is 8.67. The number of unbranched alkanes of at least 4 members (excludes halogenated alkanes) is 5. The van der Waals surface area contributed by atoms with Gasteiger partial charge in [-0.25, -0.2) is 13.2 Å². The van der Waals surface area contributed by atoms with Gasteiger partial charge in [0.25, 0.3) is 0 Å². The molecule has 0 aromatic heterocycles. The topological polar surface area (TPSA) is 18.5 Å². The van der Waals surface area contributed by atoms with Crippen molar-refractivity contribution in [3.8, 4) is 22.3 Å². The number of hydrogen-bond acceptors (Lipinski definition) is 2. The zero-order chi connectivity index (χ0) is 26.9. The quantitative estimate of drug-likeness (QED) is 0.220. The Labute approximate surface area is 225 Å². The highest BCUT2D eigenvalue weighted by Crippen LogP contribution is 2.32. The maximum Gasteiger partial charge on any atom is 0.166 e. The molecular weight excluding hydrogens is 485 g/mol. The van der Waals surface area contributed by atoms with Gasteiger partial charge in [0, 0.05) is 11.5 Å². The Morgan fingerprint density at radius 1 is 0.684 bits per heavy atom. The molecule has 0 amide bonds. The normalized spacial score (nSPS) is 17.6. The van der Waals surface area contributed by atoms with Crippen molar-refractivity contribution in [2.75, 3.05) is 13.2 Å². The summed E-state index contributed by atoms with van der Waals surface area (Å²) in [5.41, 5.74) is 3.37. The number of aryl methyl sites for hydroxylation is 1. The highest BCUT2D eigenvalue weighted by atomic mass is 19.2. The molecule has 5 heteroatoms. The van der Waals surface area contributed by atoms with Crippen LogP contribution in [0.3, 0.4) is 0 Å². The summed E-state index contributed by atoms with van der Waals surface area (Å²) in [6.45, 7) is 5.18. The number of rotatable bonds is 12. The zero-order valence-electron chi connectivity index (χ0n) is 22.6. The molecule has 1 aliphatic heterocycles. The van der Waals surface area contributed by atoms with Gasteiger partial charge in [0.05, 0.1) is 13.2 Å². The molecule has 1 fully saturated rings. The molecule has 3 aromatic rings. The van der Waals surface area contributed by atoms with Gasteiger partial charge < -0.3 is 9.47 Å². The average Bonchev–Trinajstić information content (AvgIpc) is 2.94. The second kappa shape index (κ2) is 14.0. The van der Waals surface area contributed by atoms with Gasteiger partial charge in [-0.2, -0.15) is 0 Å². The van der Waals surface area contributed by atoms with Crippen LogP contribution in [0.15, 0.2) is 54.6 Å². The largest absolute Gasteiger partial charge is 0.352 e. The lowest BCUT2D eigenvalue weighted by molar-refractivity contribution is -0.190. The van der Waals surface area contributed by atoms with E-state index in [0.29, 0.717) is 36.3 Å². The van der Waals surface area contributed by atoms with Crippen LogP contribution in [0.4, 0.5) is 13.2 Å². The Balaban J connectivity index is 1.41. The lowest BCUT2D eigenvalue weighted by atomic mass is 9.94. The molecule has 4 rings (SSSR count). The van der Waals surface area contributed by atoms with Crippen LogP contribution in [0.1, 0.15) is 82.3 Å². The molecule has 1 heterocycles. The molecule has 204 valence electrons. The first kappa shape index (κ1) is 28.4. The molecule has 1 aliphatic rings. The first-order valence-electron chi connectivity index (χ1n) is 14.1. The highest BCUT2D eigenvalue weighted by Gasteiger charge is 2.25. The van der Waals surface area contributed by atoms with E-state index in [1.54, 1.807) is 30.3 Å². The molecule has 0 aliphatic carbocycles. The summed E-state index contributed by atoms with van der Waals surface area (Å²) < 4.78 is 56.3. The zero-order valence-corrected chi connectivity index (χ0v) is 22.6. The summed E-state index contributed by atoms with van der Waals surface area (Å²) in [7, 11) is 0. The molecule has 0 atom stereocenters. The Morgan fingerprint density at radius 2 is 1.34 bits per heavy atom. The van der Waals surface area contributed by atoms with E-state index in [0.717, 1.165) is 62.5 Å². The predicted octanol–water partition coefficient (Wildman–Crippen LogP) is 9.60. The standard InChI is InChI=1S/C33H39F3O2/c1-3-5-7-9-10-25-16-19-29(33(36)32(25)35)24-14-12-23(13-15-24)26-17-18-28(30(34)20-26)27-21-37-31(38-22-27)11-8-6-4-2/h12-20,27,31H,3-11,21-22H2,1-2H3. The van der Waals surface area contributed by atoms with E-state index >= 15 is 4.39 Å². The molecular formula is C33H39F3O2. The summed E-state index contributed by atoms with van der Waals surface area (Å²) >= 11 is 0. The molecule has 0 saturated carbocycles. The van der Waals surface area contributed by atoms with Crippen molar-refractivity contribution < 1.29 is 22.6 Å². The van der Waals surface area contributed by atoms with Crippen molar-refractivity contribution in [3.05, 3.63) is 83.2 Å². The highest BCUT2D eigenvalue weighted by molar-refractivity contribution is 5.71. The monoisotopic (exact) mass is 524 g/mol. The number of benzene rings is 3. The first-order valence-corrected chi connectivity index (χ1v) is 14.1. The summed E-state index contributed by atoms with van der Waals surface area (Å²) in [5, 5.41) is 0. The summed E-state index contributed by atoms with van der Waals surface area (Å²) in [6, 6.07) is 15.7. The molecule has 0 spiro atoms. The van der Waals surface area contributed by atoms with Crippen LogP contribution < -0.4 is 0 Å². The fourth-order valence-corrected chi connectivity index (χ4v) is 5.08. The van der Waals surface area contributed by atoms with Crippen LogP contribution in [0.5, 0.6) is 0 Å². The van der Waals surface area contributed by atoms with Gasteiger partial charge >= 0.3 is 0 Å². The molecule has 0 unspecified atom stereocenters. The van der Waals surface area contributed by atoms with E-state index in [1.807, 2.05) is 18.2 Å². The van der Waals surface area contributed by atoms with Crippen LogP contribution in [0, 0.1) is 17.5 Å². The maximum absolute atomic E-state index is 15.1. The van der Waals surface area contributed by atoms with Gasteiger partial charge in [0.1, 0.15) is 5.82 Å². The predicted molar refractivity (Wildman–Crippen MR) is 148 cm³/mol. The van der Waals surface area contributed by atoms with E-state index in [1.165, 1.54) is 6.07 Å². The third kappa shape index (κ3) is 7.06. The Kier molecular flexibility index (Phi) is 10.4. The molecule has 0 radical (unpaired) electrons. The SMILES string of the molecule is CCCCCCc1ccc(-c2ccc(-c3ccc(C4COC(CCCCC)OC4)c(F)c3)cc2)c(F)c1F. The van der Waals surface area contributed by atoms with Gasteiger partial charge in [-0.05, 0) is 59.6 Å². The van der Waals surface area contributed by atoms with Gasteiger partial charge in [0.2, 0.25) is 0 Å². The molecule has 0 N–H and O–H groups in total. The van der Waals surface area contributed by atoms with E-state index in [-0.39, 0.29) is 23.6 Å². The molecule has 1 saturated heterocycles. The van der Waals surface area contributed by atoms with E-state index < -0.39 is 11.6 Å². The van der Waals surface area contributed by atoms with Gasteiger partial charge in [-0.3, -0.25) is 0 Å². The van der Waals surface area contributed by atoms with Crippen LogP contribution in [0.2, 0.25) is 0 Å². The number of hydrogen-bond donors (Lipinski definition) is 0. The molecule has 3 aromatic carbocycles. The van der Waals surface area contributed by atoms with Crippen LogP contribution >= 0.6 is 0 Å². The van der Waals surface area contributed by atoms with Crippen LogP contribution in [0.25, 0.3) is 22.3 Å². The van der Waals surface area contributed by atoms with Crippen molar-refractivity contribution in [2.45, 2.75) is 83.8 Å². The van der Waals surface area contributed by atoms with Gasteiger partial charge in [0.15, 0.2) is 17.9 Å². The summed E-state index contributed by atoms with van der Waals surface area (Å²) in [4.78, 5) is 0. The number of ether oxygens (including phenoxy) is 2. The van der Waals surface area contributed by atoms with E-state index in [2.05, 4.69) is 13.8 Å². The average molecular weight is 525 g/mol. The smallest absolute Gasteiger partial charge is 0.166 e. The lowest BCUT2D eigenvalue weighted by Crippen LogP contribution is -2.31. The molecule has 38 heavy (non-hydrogen) atoms. The van der Waals surface area contributed by atoms with Gasteiger partial charge in [-0.15, -0.1) is 0 Å². The number of halogens is 3. The van der Waals surface area contributed by atoms with Crippen molar-refractivity contribution in [2.24, 2.45) is 0 Å². The second-order valence-corrected chi connectivity index (χ2v) is 10.3. The third-order valence-corrected chi connectivity index (χ3v) is 7.44. The van der Waals surface area contributed by atoms with Crippen LogP contribution in [-0.2, 0) is 15.9 Å². The fraction of sp³-hybridized carbons (Fsp3) is 0.455. The van der Waals surface area contributed by atoms with E-state index in [4.69, 9.17) is 9.47 Å². The summed E-state index contributed by atoms with van der Waals surface area (Å²) in [5.74, 6) is -2.01. The Morgan fingerprint density at radius 3 is 2.03 bits per heavy atom. The van der Waals surface area contributed by atoms with E-state index in [9.17, 15) is 8.78 Å². The minimum Gasteiger partial charge on any atom is -0.352 e. The van der Waals surface area contributed by atoms with Crippen LogP contribution in [-0.4, -0.2) is 19.5 Å². The van der Waals surface area contributed by atoms with Crippen molar-refractivity contribution in [3.63, 3.8) is 0 Å². The van der Waals surface area contributed by atoms with Crippen molar-refractivity contribution >= 4 is 0 Å². The van der Waals surface area contributed by atoms with Crippen molar-refractivity contribution in [1.82, 2.24) is 0 Å². The molecule has 0 bridgehead atoms. The lowest BCUT2D eigenvalue weighted by Gasteiger charge is -2.30. The maximum atomic E-state index is 15.1. The Hall–Kier alpha value is -2.63. The second-order valence-electron chi connectivity index (χ2n) is 10.3. The Bertz CT molecular complexity index is 1170. The minimum absolute atomic E-state index is 0.138. The minimum atomic E-state index is -0.814. The van der Waals surface area contributed by atoms with Gasteiger partial charge in [-0.1, -0.05) is 94.5 Å². The molecule has 2 nitrogen and oxygen atoms in total. The van der Waals surface area contributed by atoms with Crippen molar-refractivity contribution in [1.29, 1.82) is 0 Å².